The normalized spacial score (nSPS) is 17.2. The molecule has 3 aromatic rings. The molecule has 0 aliphatic carbocycles. The van der Waals surface area contributed by atoms with E-state index in [0.29, 0.717) is 19.4 Å². The molecule has 1 N–H and O–H groups in total. The van der Waals surface area contributed by atoms with Gasteiger partial charge in [0.2, 0.25) is 5.91 Å². The third kappa shape index (κ3) is 3.69. The maximum Gasteiger partial charge on any atom is 0.223 e. The fourth-order valence-corrected chi connectivity index (χ4v) is 3.76. The molecule has 4 rings (SSSR count). The number of piperazine rings is 1. The number of amides is 1. The van der Waals surface area contributed by atoms with E-state index in [1.807, 2.05) is 59.5 Å². The Labute approximate surface area is 158 Å². The number of hydrogen-bond acceptors (Lipinski definition) is 4. The van der Waals surface area contributed by atoms with E-state index in [9.17, 15) is 4.79 Å². The lowest BCUT2D eigenvalue weighted by Gasteiger charge is -2.37. The number of benzene rings is 2. The Bertz CT molecular complexity index is 901. The van der Waals surface area contributed by atoms with Crippen LogP contribution in [0.5, 0.6) is 5.75 Å². The second kappa shape index (κ2) is 7.84. The van der Waals surface area contributed by atoms with Crippen LogP contribution in [0.3, 0.4) is 0 Å². The predicted octanol–water partition coefficient (Wildman–Crippen LogP) is 3.55. The second-order valence-electron chi connectivity index (χ2n) is 6.80. The number of rotatable bonds is 5. The van der Waals surface area contributed by atoms with Crippen LogP contribution in [-0.2, 0) is 11.2 Å². The molecule has 0 saturated carbocycles. The molecular formula is C22H24N2O3. The van der Waals surface area contributed by atoms with Crippen molar-refractivity contribution in [3.63, 3.8) is 0 Å². The van der Waals surface area contributed by atoms with Crippen molar-refractivity contribution in [2.75, 3.05) is 26.7 Å². The van der Waals surface area contributed by atoms with Crippen molar-refractivity contribution in [2.45, 2.75) is 18.9 Å². The van der Waals surface area contributed by atoms with Crippen molar-refractivity contribution in [3.8, 4) is 5.75 Å². The van der Waals surface area contributed by atoms with Gasteiger partial charge in [-0.25, -0.2) is 0 Å². The smallest absolute Gasteiger partial charge is 0.223 e. The average molecular weight is 364 g/mol. The third-order valence-electron chi connectivity index (χ3n) is 5.12. The Morgan fingerprint density at radius 3 is 2.89 bits per heavy atom. The van der Waals surface area contributed by atoms with Crippen molar-refractivity contribution in [2.24, 2.45) is 0 Å². The zero-order valence-corrected chi connectivity index (χ0v) is 15.5. The molecule has 2 heterocycles. The van der Waals surface area contributed by atoms with Gasteiger partial charge in [-0.05, 0) is 18.2 Å². The number of methoxy groups -OCH3 is 1. The first-order valence-electron chi connectivity index (χ1n) is 9.37. The quantitative estimate of drug-likeness (QED) is 0.752. The molecule has 1 atom stereocenters. The van der Waals surface area contributed by atoms with Crippen LogP contribution in [0.4, 0.5) is 0 Å². The van der Waals surface area contributed by atoms with Gasteiger partial charge in [-0.15, -0.1) is 0 Å². The molecule has 5 nitrogen and oxygen atoms in total. The van der Waals surface area contributed by atoms with Gasteiger partial charge in [0.25, 0.3) is 0 Å². The van der Waals surface area contributed by atoms with Gasteiger partial charge >= 0.3 is 0 Å². The average Bonchev–Trinajstić information content (AvgIpc) is 3.15. The van der Waals surface area contributed by atoms with E-state index in [2.05, 4.69) is 5.32 Å². The fraction of sp³-hybridized carbons (Fsp3) is 0.318. The summed E-state index contributed by atoms with van der Waals surface area (Å²) in [6, 6.07) is 17.9. The van der Waals surface area contributed by atoms with Crippen molar-refractivity contribution >= 4 is 16.9 Å². The van der Waals surface area contributed by atoms with Crippen molar-refractivity contribution in [1.29, 1.82) is 0 Å². The van der Waals surface area contributed by atoms with E-state index >= 15 is 0 Å². The van der Waals surface area contributed by atoms with Gasteiger partial charge in [-0.1, -0.05) is 36.4 Å². The van der Waals surface area contributed by atoms with Gasteiger partial charge in [0.05, 0.1) is 13.2 Å². The van der Waals surface area contributed by atoms with Gasteiger partial charge < -0.3 is 19.4 Å². The first-order chi connectivity index (χ1) is 13.3. The summed E-state index contributed by atoms with van der Waals surface area (Å²) in [5.41, 5.74) is 1.92. The zero-order valence-electron chi connectivity index (χ0n) is 15.5. The molecule has 1 aromatic heterocycles. The summed E-state index contributed by atoms with van der Waals surface area (Å²) in [6.45, 7) is 2.24. The Kier molecular flexibility index (Phi) is 5.12. The number of ether oxygens (including phenoxy) is 1. The van der Waals surface area contributed by atoms with Crippen LogP contribution in [0, 0.1) is 0 Å². The van der Waals surface area contributed by atoms with E-state index in [4.69, 9.17) is 9.15 Å². The summed E-state index contributed by atoms with van der Waals surface area (Å²) in [5, 5.41) is 4.47. The molecule has 0 radical (unpaired) electrons. The molecule has 2 aromatic carbocycles. The zero-order chi connectivity index (χ0) is 18.6. The predicted molar refractivity (Wildman–Crippen MR) is 105 cm³/mol. The van der Waals surface area contributed by atoms with Gasteiger partial charge in [-0.2, -0.15) is 0 Å². The molecule has 0 spiro atoms. The largest absolute Gasteiger partial charge is 0.496 e. The molecule has 27 heavy (non-hydrogen) atoms. The Morgan fingerprint density at radius 1 is 1.22 bits per heavy atom. The van der Waals surface area contributed by atoms with Crippen LogP contribution in [-0.4, -0.2) is 37.6 Å². The summed E-state index contributed by atoms with van der Waals surface area (Å²) in [7, 11) is 1.67. The fourth-order valence-electron chi connectivity index (χ4n) is 3.76. The van der Waals surface area contributed by atoms with Crippen LogP contribution >= 0.6 is 0 Å². The van der Waals surface area contributed by atoms with Crippen molar-refractivity contribution < 1.29 is 13.9 Å². The Balaban J connectivity index is 1.48. The Hall–Kier alpha value is -2.79. The standard InChI is InChI=1S/C22H24N2O3/c1-26-21-9-5-3-7-18(21)19-15-23-12-13-24(19)22(25)11-10-17-14-16-6-2-4-8-20(16)27-17/h2-9,14,19,23H,10-13,15H2,1H3. The van der Waals surface area contributed by atoms with E-state index in [1.54, 1.807) is 7.11 Å². The molecule has 0 bridgehead atoms. The number of carbonyl (C=O) groups is 1. The van der Waals surface area contributed by atoms with Gasteiger partial charge in [0.1, 0.15) is 17.1 Å². The monoisotopic (exact) mass is 364 g/mol. The van der Waals surface area contributed by atoms with Crippen LogP contribution < -0.4 is 10.1 Å². The van der Waals surface area contributed by atoms with E-state index in [0.717, 1.165) is 41.1 Å². The number of furan rings is 1. The topological polar surface area (TPSA) is 54.7 Å². The highest BCUT2D eigenvalue weighted by atomic mass is 16.5. The van der Waals surface area contributed by atoms with Crippen molar-refractivity contribution in [3.05, 3.63) is 65.9 Å². The maximum absolute atomic E-state index is 13.0. The first kappa shape index (κ1) is 17.6. The summed E-state index contributed by atoms with van der Waals surface area (Å²) in [4.78, 5) is 15.0. The molecular weight excluding hydrogens is 340 g/mol. The molecule has 1 unspecified atom stereocenters. The number of para-hydroxylation sites is 2. The van der Waals surface area contributed by atoms with E-state index < -0.39 is 0 Å². The van der Waals surface area contributed by atoms with Crippen LogP contribution in [0.15, 0.2) is 59.0 Å². The summed E-state index contributed by atoms with van der Waals surface area (Å²) in [6.07, 6.45) is 1.04. The first-order valence-corrected chi connectivity index (χ1v) is 9.37. The van der Waals surface area contributed by atoms with E-state index in [1.165, 1.54) is 0 Å². The highest BCUT2D eigenvalue weighted by Gasteiger charge is 2.29. The minimum atomic E-state index is -0.0157. The maximum atomic E-state index is 13.0. The van der Waals surface area contributed by atoms with Gasteiger partial charge in [-0.3, -0.25) is 4.79 Å². The van der Waals surface area contributed by atoms with Crippen molar-refractivity contribution in [1.82, 2.24) is 10.2 Å². The molecule has 140 valence electrons. The molecule has 1 aliphatic heterocycles. The lowest BCUT2D eigenvalue weighted by atomic mass is 10.0. The number of nitrogens with zero attached hydrogens (tertiary/aromatic N) is 1. The number of aryl methyl sites for hydroxylation is 1. The summed E-state index contributed by atoms with van der Waals surface area (Å²) >= 11 is 0. The molecule has 1 amide bonds. The summed E-state index contributed by atoms with van der Waals surface area (Å²) < 4.78 is 11.4. The van der Waals surface area contributed by atoms with Gasteiger partial charge in [0, 0.05) is 43.4 Å². The minimum Gasteiger partial charge on any atom is -0.496 e. The lowest BCUT2D eigenvalue weighted by molar-refractivity contribution is -0.134. The molecule has 1 aliphatic rings. The lowest BCUT2D eigenvalue weighted by Crippen LogP contribution is -2.48. The van der Waals surface area contributed by atoms with Crippen LogP contribution in [0.1, 0.15) is 23.8 Å². The summed E-state index contributed by atoms with van der Waals surface area (Å²) in [5.74, 6) is 1.82. The van der Waals surface area contributed by atoms with Crippen LogP contribution in [0.2, 0.25) is 0 Å². The number of hydrogen-bond donors (Lipinski definition) is 1. The second-order valence-corrected chi connectivity index (χ2v) is 6.80. The highest BCUT2D eigenvalue weighted by Crippen LogP contribution is 2.31. The SMILES string of the molecule is COc1ccccc1C1CNCCN1C(=O)CCc1cc2ccccc2o1. The van der Waals surface area contributed by atoms with Crippen LogP contribution in [0.25, 0.3) is 11.0 Å². The molecule has 1 fully saturated rings. The minimum absolute atomic E-state index is 0.0157. The molecule has 5 heteroatoms. The number of carbonyl (C=O) groups excluding carboxylic acids is 1. The van der Waals surface area contributed by atoms with E-state index in [-0.39, 0.29) is 11.9 Å². The highest BCUT2D eigenvalue weighted by molar-refractivity contribution is 5.79. The number of nitrogens with one attached hydrogen (secondary N) is 1. The number of fused-ring (bicyclic) bond motifs is 1. The third-order valence-corrected chi connectivity index (χ3v) is 5.12. The Morgan fingerprint density at radius 2 is 2.04 bits per heavy atom. The molecule has 1 saturated heterocycles. The van der Waals surface area contributed by atoms with Gasteiger partial charge in [0.15, 0.2) is 0 Å².